The van der Waals surface area contributed by atoms with E-state index in [4.69, 9.17) is 9.47 Å². The zero-order valence-electron chi connectivity index (χ0n) is 15.8. The molecule has 2 heterocycles. The van der Waals surface area contributed by atoms with Gasteiger partial charge in [0.25, 0.3) is 11.5 Å². The minimum absolute atomic E-state index is 0.00357. The van der Waals surface area contributed by atoms with Crippen molar-refractivity contribution >= 4 is 28.9 Å². The molecule has 1 aliphatic heterocycles. The first-order valence-corrected chi connectivity index (χ1v) is 9.77. The van der Waals surface area contributed by atoms with Crippen LogP contribution < -0.4 is 19.5 Å². The molecule has 0 bridgehead atoms. The monoisotopic (exact) mass is 399 g/mol. The first-order chi connectivity index (χ1) is 13.6. The van der Waals surface area contributed by atoms with Crippen molar-refractivity contribution in [2.75, 3.05) is 33.4 Å². The van der Waals surface area contributed by atoms with E-state index in [1.54, 1.807) is 18.1 Å². The fourth-order valence-electron chi connectivity index (χ4n) is 2.99. The van der Waals surface area contributed by atoms with Crippen LogP contribution in [-0.4, -0.2) is 48.8 Å². The molecule has 3 rings (SSSR count). The Morgan fingerprint density at radius 3 is 2.79 bits per heavy atom. The molecule has 2 aromatic rings. The molecule has 0 N–H and O–H groups in total. The Balaban J connectivity index is 2.15. The van der Waals surface area contributed by atoms with E-state index in [0.29, 0.717) is 47.8 Å². The molecule has 146 valence electrons. The molecule has 1 aromatic heterocycles. The molecule has 1 aliphatic rings. The first kappa shape index (κ1) is 19.9. The van der Waals surface area contributed by atoms with Gasteiger partial charge in [-0.25, -0.2) is 0 Å². The molecule has 1 saturated heterocycles. The molecule has 0 atom stereocenters. The van der Waals surface area contributed by atoms with Crippen molar-refractivity contribution in [1.29, 1.82) is 5.26 Å². The Bertz CT molecular complexity index is 1090. The number of thiazole rings is 1. The molecule has 7 nitrogen and oxygen atoms in total. The lowest BCUT2D eigenvalue weighted by Crippen LogP contribution is -2.42. The number of methoxy groups -OCH3 is 1. The minimum atomic E-state index is -0.359. The van der Waals surface area contributed by atoms with Crippen molar-refractivity contribution in [1.82, 2.24) is 9.47 Å². The number of carbonyl (C=O) groups is 1. The number of nitrogens with zero attached hydrogens (tertiary/aromatic N) is 3. The number of hydrogen-bond acceptors (Lipinski definition) is 6. The third-order valence-electron chi connectivity index (χ3n) is 4.45. The van der Waals surface area contributed by atoms with Gasteiger partial charge < -0.3 is 14.4 Å². The van der Waals surface area contributed by atoms with E-state index in [-0.39, 0.29) is 17.0 Å². The first-order valence-electron chi connectivity index (χ1n) is 8.96. The van der Waals surface area contributed by atoms with E-state index in [1.807, 2.05) is 37.3 Å². The van der Waals surface area contributed by atoms with Crippen molar-refractivity contribution in [2.45, 2.75) is 13.5 Å². The van der Waals surface area contributed by atoms with Crippen LogP contribution in [0.4, 0.5) is 0 Å². The van der Waals surface area contributed by atoms with Gasteiger partial charge in [-0.2, -0.15) is 5.26 Å². The average molecular weight is 399 g/mol. The third kappa shape index (κ3) is 4.01. The quantitative estimate of drug-likeness (QED) is 0.738. The van der Waals surface area contributed by atoms with E-state index >= 15 is 0 Å². The lowest BCUT2D eigenvalue weighted by Gasteiger charge is -2.26. The minimum Gasteiger partial charge on any atom is -0.497 e. The number of carbonyl (C=O) groups excluding carboxylic acids is 1. The predicted octanol–water partition coefficient (Wildman–Crippen LogP) is 0.300. The molecule has 0 unspecified atom stereocenters. The Hall–Kier alpha value is -2.89. The molecule has 1 amide bonds. The zero-order valence-corrected chi connectivity index (χ0v) is 16.6. The summed E-state index contributed by atoms with van der Waals surface area (Å²) < 4.78 is 12.8. The van der Waals surface area contributed by atoms with Crippen molar-refractivity contribution in [3.05, 3.63) is 49.4 Å². The largest absolute Gasteiger partial charge is 0.497 e. The Labute approximate surface area is 166 Å². The van der Waals surface area contributed by atoms with Gasteiger partial charge >= 0.3 is 0 Å². The molecular formula is C20H21N3O4S. The van der Waals surface area contributed by atoms with Crippen LogP contribution in [0.3, 0.4) is 0 Å². The van der Waals surface area contributed by atoms with Gasteiger partial charge in [-0.1, -0.05) is 12.1 Å². The molecule has 0 spiro atoms. The second kappa shape index (κ2) is 8.87. The smallest absolute Gasteiger partial charge is 0.269 e. The Morgan fingerprint density at radius 2 is 2.14 bits per heavy atom. The van der Waals surface area contributed by atoms with Crippen LogP contribution in [-0.2, 0) is 16.1 Å². The zero-order chi connectivity index (χ0) is 20.1. The molecule has 8 heteroatoms. The van der Waals surface area contributed by atoms with Crippen molar-refractivity contribution in [3.8, 4) is 11.8 Å². The molecule has 28 heavy (non-hydrogen) atoms. The Morgan fingerprint density at radius 1 is 1.39 bits per heavy atom. The van der Waals surface area contributed by atoms with E-state index < -0.39 is 0 Å². The number of nitriles is 1. The molecule has 0 saturated carbocycles. The summed E-state index contributed by atoms with van der Waals surface area (Å²) in [4.78, 5) is 27.3. The summed E-state index contributed by atoms with van der Waals surface area (Å²) in [6, 6.07) is 9.37. The van der Waals surface area contributed by atoms with Gasteiger partial charge in [0.15, 0.2) is 5.57 Å². The van der Waals surface area contributed by atoms with E-state index in [1.165, 1.54) is 4.57 Å². The maximum atomic E-state index is 12.8. The second-order valence-electron chi connectivity index (χ2n) is 6.13. The van der Waals surface area contributed by atoms with Gasteiger partial charge in [-0.3, -0.25) is 14.2 Å². The average Bonchev–Trinajstić information content (AvgIpc) is 3.04. The molecule has 0 aliphatic carbocycles. The summed E-state index contributed by atoms with van der Waals surface area (Å²) in [7, 11) is 1.58. The van der Waals surface area contributed by atoms with Crippen molar-refractivity contribution in [2.24, 2.45) is 0 Å². The SMILES string of the molecule is CCn1c(=O)/c(=C\c2cccc(OC)c2)s/c1=C(/C#N)C(=O)N1CCOCC1. The fourth-order valence-corrected chi connectivity index (χ4v) is 4.14. The highest BCUT2D eigenvalue weighted by Gasteiger charge is 2.23. The summed E-state index contributed by atoms with van der Waals surface area (Å²) in [6.07, 6.45) is 1.75. The lowest BCUT2D eigenvalue weighted by atomic mass is 10.2. The second-order valence-corrected chi connectivity index (χ2v) is 7.16. The highest BCUT2D eigenvalue weighted by atomic mass is 32.1. The Kier molecular flexibility index (Phi) is 6.29. The van der Waals surface area contributed by atoms with Crippen LogP contribution in [0.2, 0.25) is 0 Å². The summed E-state index contributed by atoms with van der Waals surface area (Å²) in [5.74, 6) is 0.329. The van der Waals surface area contributed by atoms with Gasteiger partial charge in [0.05, 0.1) is 24.9 Å². The van der Waals surface area contributed by atoms with Crippen molar-refractivity contribution < 1.29 is 14.3 Å². The molecule has 1 aromatic carbocycles. The van der Waals surface area contributed by atoms with Crippen LogP contribution in [0, 0.1) is 11.3 Å². The lowest BCUT2D eigenvalue weighted by molar-refractivity contribution is -0.128. The number of ether oxygens (including phenoxy) is 2. The van der Waals surface area contributed by atoms with E-state index in [2.05, 4.69) is 0 Å². The molecule has 0 radical (unpaired) electrons. The van der Waals surface area contributed by atoms with E-state index in [9.17, 15) is 14.9 Å². The van der Waals surface area contributed by atoms with Gasteiger partial charge in [-0.15, -0.1) is 11.3 Å². The van der Waals surface area contributed by atoms with Crippen LogP contribution in [0.5, 0.6) is 5.75 Å². The molecular weight excluding hydrogens is 378 g/mol. The maximum absolute atomic E-state index is 12.8. The van der Waals surface area contributed by atoms with Crippen LogP contribution in [0.1, 0.15) is 12.5 Å². The van der Waals surface area contributed by atoms with Crippen LogP contribution >= 0.6 is 11.3 Å². The molecule has 1 fully saturated rings. The number of rotatable bonds is 4. The third-order valence-corrected chi connectivity index (χ3v) is 5.58. The van der Waals surface area contributed by atoms with Gasteiger partial charge in [0.2, 0.25) is 0 Å². The van der Waals surface area contributed by atoms with Crippen LogP contribution in [0.25, 0.3) is 11.6 Å². The van der Waals surface area contributed by atoms with Gasteiger partial charge in [0.1, 0.15) is 16.5 Å². The highest BCUT2D eigenvalue weighted by Crippen LogP contribution is 2.12. The number of amides is 1. The summed E-state index contributed by atoms with van der Waals surface area (Å²) in [5, 5.41) is 9.66. The summed E-state index contributed by atoms with van der Waals surface area (Å²) in [6.45, 7) is 3.97. The van der Waals surface area contributed by atoms with Gasteiger partial charge in [0, 0.05) is 19.6 Å². The summed E-state index contributed by atoms with van der Waals surface area (Å²) >= 11 is 1.16. The standard InChI is InChI=1S/C20H21N3O4S/c1-3-23-19(25)17(12-14-5-4-6-15(11-14)26-2)28-20(23)16(13-21)18(24)22-7-9-27-10-8-22/h4-6,11-12H,3,7-10H2,1-2H3/b17-12+,20-16-. The number of aromatic nitrogens is 1. The van der Waals surface area contributed by atoms with Crippen LogP contribution in [0.15, 0.2) is 29.1 Å². The fraction of sp³-hybridized carbons (Fsp3) is 0.350. The van der Waals surface area contributed by atoms with Crippen molar-refractivity contribution in [3.63, 3.8) is 0 Å². The van der Waals surface area contributed by atoms with E-state index in [0.717, 1.165) is 16.9 Å². The predicted molar refractivity (Wildman–Crippen MR) is 106 cm³/mol. The highest BCUT2D eigenvalue weighted by molar-refractivity contribution is 7.07. The maximum Gasteiger partial charge on any atom is 0.269 e. The summed E-state index contributed by atoms with van der Waals surface area (Å²) in [5.41, 5.74) is 0.592. The number of hydrogen-bond donors (Lipinski definition) is 0. The normalized spacial score (nSPS) is 15.9. The topological polar surface area (TPSA) is 84.6 Å². The number of benzene rings is 1. The number of morpholine rings is 1. The van der Waals surface area contributed by atoms with Gasteiger partial charge in [-0.05, 0) is 30.7 Å².